The predicted molar refractivity (Wildman–Crippen MR) is 75.4 cm³/mol. The molecule has 0 aromatic heterocycles. The highest BCUT2D eigenvalue weighted by atomic mass is 16.4. The first-order chi connectivity index (χ1) is 9.96. The third kappa shape index (κ3) is 2.47. The highest BCUT2D eigenvalue weighted by Gasteiger charge is 2.50. The van der Waals surface area contributed by atoms with Crippen LogP contribution in [0.3, 0.4) is 0 Å². The van der Waals surface area contributed by atoms with E-state index in [0.717, 1.165) is 32.1 Å². The second-order valence-corrected chi connectivity index (χ2v) is 7.23. The number of carbonyl (C=O) groups is 3. The van der Waals surface area contributed by atoms with Crippen molar-refractivity contribution in [2.24, 2.45) is 10.8 Å². The number of amides is 2. The van der Waals surface area contributed by atoms with Crippen molar-refractivity contribution in [1.82, 2.24) is 4.90 Å². The van der Waals surface area contributed by atoms with E-state index in [1.807, 2.05) is 0 Å². The molecule has 0 unspecified atom stereocenters. The van der Waals surface area contributed by atoms with E-state index in [-0.39, 0.29) is 23.8 Å². The molecule has 0 radical (unpaired) electrons. The van der Waals surface area contributed by atoms with Gasteiger partial charge in [-0.15, -0.1) is 0 Å². The minimum absolute atomic E-state index is 0.0794. The quantitative estimate of drug-likeness (QED) is 0.810. The van der Waals surface area contributed by atoms with Crippen molar-refractivity contribution in [1.29, 1.82) is 0 Å². The molecule has 1 N–H and O–H groups in total. The standard InChI is InChI=1S/C16H23NO4/c18-12-9-15(5-2-1-3-6-15)10-13(19)17(12)11-16(14(20)21)7-4-8-16/h1-11H2,(H,20,21). The van der Waals surface area contributed by atoms with Gasteiger partial charge in [0.1, 0.15) is 0 Å². The van der Waals surface area contributed by atoms with Gasteiger partial charge in [0, 0.05) is 19.4 Å². The summed E-state index contributed by atoms with van der Waals surface area (Å²) in [5.74, 6) is -1.17. The molecule has 5 nitrogen and oxygen atoms in total. The van der Waals surface area contributed by atoms with E-state index in [0.29, 0.717) is 25.7 Å². The van der Waals surface area contributed by atoms with Gasteiger partial charge in [0.05, 0.1) is 5.41 Å². The molecule has 2 amide bonds. The minimum Gasteiger partial charge on any atom is -0.481 e. The fourth-order valence-corrected chi connectivity index (χ4v) is 4.21. The lowest BCUT2D eigenvalue weighted by Gasteiger charge is -2.46. The summed E-state index contributed by atoms with van der Waals surface area (Å²) in [5.41, 5.74) is -0.999. The van der Waals surface area contributed by atoms with Gasteiger partial charge in [0.15, 0.2) is 0 Å². The normalized spacial score (nSPS) is 27.5. The first-order valence-electron chi connectivity index (χ1n) is 8.03. The number of rotatable bonds is 3. The second-order valence-electron chi connectivity index (χ2n) is 7.23. The number of carboxylic acid groups (broad SMARTS) is 1. The van der Waals surface area contributed by atoms with Gasteiger partial charge in [-0.05, 0) is 31.1 Å². The zero-order valence-electron chi connectivity index (χ0n) is 12.4. The highest BCUT2D eigenvalue weighted by Crippen LogP contribution is 2.47. The number of piperidine rings is 1. The minimum atomic E-state index is -0.873. The van der Waals surface area contributed by atoms with Crippen LogP contribution in [0.5, 0.6) is 0 Å². The van der Waals surface area contributed by atoms with E-state index >= 15 is 0 Å². The predicted octanol–water partition coefficient (Wildman–Crippen LogP) is 2.34. The molecule has 0 aromatic carbocycles. The van der Waals surface area contributed by atoms with Gasteiger partial charge in [-0.3, -0.25) is 19.3 Å². The summed E-state index contributed by atoms with van der Waals surface area (Å²) in [5, 5.41) is 9.38. The third-order valence-corrected chi connectivity index (χ3v) is 5.79. The van der Waals surface area contributed by atoms with E-state index in [1.54, 1.807) is 0 Å². The lowest BCUT2D eigenvalue weighted by Crippen LogP contribution is -2.55. The topological polar surface area (TPSA) is 74.7 Å². The molecule has 1 heterocycles. The lowest BCUT2D eigenvalue weighted by atomic mass is 9.65. The lowest BCUT2D eigenvalue weighted by molar-refractivity contribution is -0.165. The zero-order valence-corrected chi connectivity index (χ0v) is 12.4. The molecule has 0 bridgehead atoms. The number of likely N-dealkylation sites (tertiary alicyclic amines) is 1. The van der Waals surface area contributed by atoms with E-state index < -0.39 is 11.4 Å². The Kier molecular flexibility index (Phi) is 3.54. The van der Waals surface area contributed by atoms with Crippen LogP contribution < -0.4 is 0 Å². The second kappa shape index (κ2) is 5.11. The molecule has 1 saturated heterocycles. The number of aliphatic carboxylic acids is 1. The van der Waals surface area contributed by atoms with E-state index in [1.165, 1.54) is 11.3 Å². The van der Waals surface area contributed by atoms with Gasteiger partial charge in [-0.25, -0.2) is 0 Å². The number of nitrogens with zero attached hydrogens (tertiary/aromatic N) is 1. The van der Waals surface area contributed by atoms with Crippen LogP contribution in [0.2, 0.25) is 0 Å². The molecular weight excluding hydrogens is 270 g/mol. The van der Waals surface area contributed by atoms with Gasteiger partial charge >= 0.3 is 5.97 Å². The van der Waals surface area contributed by atoms with Gasteiger partial charge in [-0.2, -0.15) is 0 Å². The summed E-state index contributed by atoms with van der Waals surface area (Å²) in [6.45, 7) is 0.0794. The number of hydrogen-bond donors (Lipinski definition) is 1. The van der Waals surface area contributed by atoms with Crippen molar-refractivity contribution >= 4 is 17.8 Å². The van der Waals surface area contributed by atoms with E-state index in [9.17, 15) is 19.5 Å². The van der Waals surface area contributed by atoms with Crippen LogP contribution in [0.4, 0.5) is 0 Å². The van der Waals surface area contributed by atoms with E-state index in [4.69, 9.17) is 0 Å². The summed E-state index contributed by atoms with van der Waals surface area (Å²) in [6.07, 6.45) is 8.17. The van der Waals surface area contributed by atoms with Crippen molar-refractivity contribution in [2.45, 2.75) is 64.2 Å². The Balaban J connectivity index is 1.72. The largest absolute Gasteiger partial charge is 0.481 e. The maximum atomic E-state index is 12.4. The SMILES string of the molecule is O=C1CC2(CCCCC2)CC(=O)N1CC1(C(=O)O)CCC1. The molecule has 0 atom stereocenters. The molecule has 0 aromatic rings. The Morgan fingerprint density at radius 1 is 0.952 bits per heavy atom. The Morgan fingerprint density at radius 2 is 1.52 bits per heavy atom. The average Bonchev–Trinajstić information content (AvgIpc) is 2.36. The summed E-state index contributed by atoms with van der Waals surface area (Å²) >= 11 is 0. The number of carbonyl (C=O) groups excluding carboxylic acids is 2. The maximum absolute atomic E-state index is 12.4. The molecule has 1 spiro atoms. The Hall–Kier alpha value is -1.39. The molecule has 116 valence electrons. The Morgan fingerprint density at radius 3 is 1.95 bits per heavy atom. The van der Waals surface area contributed by atoms with Gasteiger partial charge in [-0.1, -0.05) is 25.7 Å². The van der Waals surface area contributed by atoms with Gasteiger partial charge in [0.25, 0.3) is 0 Å². The molecular formula is C16H23NO4. The Labute approximate surface area is 124 Å². The number of hydrogen-bond acceptors (Lipinski definition) is 3. The van der Waals surface area contributed by atoms with Crippen LogP contribution in [0.25, 0.3) is 0 Å². The molecule has 3 rings (SSSR count). The highest BCUT2D eigenvalue weighted by molar-refractivity contribution is 5.99. The van der Waals surface area contributed by atoms with E-state index in [2.05, 4.69) is 0 Å². The smallest absolute Gasteiger partial charge is 0.311 e. The zero-order chi connectivity index (χ0) is 15.1. The molecule has 5 heteroatoms. The molecule has 2 aliphatic carbocycles. The van der Waals surface area contributed by atoms with Crippen LogP contribution in [0, 0.1) is 10.8 Å². The summed E-state index contributed by atoms with van der Waals surface area (Å²) in [6, 6.07) is 0. The van der Waals surface area contributed by atoms with Gasteiger partial charge < -0.3 is 5.11 Å². The average molecular weight is 293 g/mol. The fourth-order valence-electron chi connectivity index (χ4n) is 4.21. The maximum Gasteiger partial charge on any atom is 0.311 e. The fraction of sp³-hybridized carbons (Fsp3) is 0.812. The van der Waals surface area contributed by atoms with Crippen LogP contribution in [0.15, 0.2) is 0 Å². The van der Waals surface area contributed by atoms with Crippen molar-refractivity contribution < 1.29 is 19.5 Å². The number of carboxylic acids is 1. The van der Waals surface area contributed by atoms with Crippen molar-refractivity contribution in [2.75, 3.05) is 6.54 Å². The molecule has 1 aliphatic heterocycles. The Bertz CT molecular complexity index is 455. The van der Waals surface area contributed by atoms with Crippen molar-refractivity contribution in [3.63, 3.8) is 0 Å². The summed E-state index contributed by atoms with van der Waals surface area (Å²) < 4.78 is 0. The molecule has 3 fully saturated rings. The first kappa shape index (κ1) is 14.5. The number of imide groups is 1. The molecule has 3 aliphatic rings. The monoisotopic (exact) mass is 293 g/mol. The van der Waals surface area contributed by atoms with Crippen LogP contribution in [0.1, 0.15) is 64.2 Å². The van der Waals surface area contributed by atoms with Crippen LogP contribution in [-0.2, 0) is 14.4 Å². The molecule has 2 saturated carbocycles. The van der Waals surface area contributed by atoms with Crippen LogP contribution in [-0.4, -0.2) is 34.3 Å². The summed E-state index contributed by atoms with van der Waals surface area (Å²) in [7, 11) is 0. The summed E-state index contributed by atoms with van der Waals surface area (Å²) in [4.78, 5) is 37.5. The third-order valence-electron chi connectivity index (χ3n) is 5.79. The first-order valence-corrected chi connectivity index (χ1v) is 8.03. The van der Waals surface area contributed by atoms with Crippen molar-refractivity contribution in [3.8, 4) is 0 Å². The van der Waals surface area contributed by atoms with Gasteiger partial charge in [0.2, 0.25) is 11.8 Å². The molecule has 21 heavy (non-hydrogen) atoms. The van der Waals surface area contributed by atoms with Crippen LogP contribution >= 0.6 is 0 Å². The van der Waals surface area contributed by atoms with Crippen molar-refractivity contribution in [3.05, 3.63) is 0 Å².